The van der Waals surface area contributed by atoms with Crippen LogP contribution in [-0.2, 0) is 10.0 Å². The maximum absolute atomic E-state index is 12.5. The minimum Gasteiger partial charge on any atom is -0.329 e. The zero-order chi connectivity index (χ0) is 17.2. The van der Waals surface area contributed by atoms with Gasteiger partial charge in [0.15, 0.2) is 0 Å². The first kappa shape index (κ1) is 21.1. The van der Waals surface area contributed by atoms with Crippen LogP contribution in [0.5, 0.6) is 0 Å². The highest BCUT2D eigenvalue weighted by molar-refractivity contribution is 7.89. The summed E-state index contributed by atoms with van der Waals surface area (Å²) < 4.78 is 27.7. The van der Waals surface area contributed by atoms with E-state index in [-0.39, 0.29) is 52.1 Å². The molecule has 1 fully saturated rings. The van der Waals surface area contributed by atoms with Crippen molar-refractivity contribution in [3.63, 3.8) is 0 Å². The van der Waals surface area contributed by atoms with Gasteiger partial charge in [0.1, 0.15) is 0 Å². The summed E-state index contributed by atoms with van der Waals surface area (Å²) in [6, 6.07) is 1.89. The van der Waals surface area contributed by atoms with Crippen LogP contribution >= 0.6 is 24.0 Å². The van der Waals surface area contributed by atoms with Crippen LogP contribution < -0.4 is 10.5 Å². The fraction of sp³-hybridized carbons (Fsp3) is 0.571. The maximum Gasteiger partial charge on any atom is 0.275 e. The van der Waals surface area contributed by atoms with Crippen LogP contribution in [-0.4, -0.2) is 25.9 Å². The molecule has 7 nitrogen and oxygen atoms in total. The van der Waals surface area contributed by atoms with Crippen LogP contribution in [0.25, 0.3) is 0 Å². The number of hydrogen-bond donors (Lipinski definition) is 2. The first-order chi connectivity index (χ1) is 10.8. The Morgan fingerprint density at radius 1 is 1.42 bits per heavy atom. The molecule has 1 unspecified atom stereocenters. The first-order valence-corrected chi connectivity index (χ1v) is 9.29. The molecule has 0 radical (unpaired) electrons. The van der Waals surface area contributed by atoms with Crippen LogP contribution in [0.15, 0.2) is 17.0 Å². The Balaban J connectivity index is 0.00000288. The Hall–Kier alpha value is -0.930. The second kappa shape index (κ2) is 8.44. The van der Waals surface area contributed by atoms with Gasteiger partial charge in [-0.2, -0.15) is 0 Å². The van der Waals surface area contributed by atoms with E-state index in [1.54, 1.807) is 0 Å². The van der Waals surface area contributed by atoms with E-state index in [0.717, 1.165) is 31.7 Å². The van der Waals surface area contributed by atoms with Crippen LogP contribution in [0.2, 0.25) is 5.02 Å². The minimum atomic E-state index is -3.92. The van der Waals surface area contributed by atoms with Crippen molar-refractivity contribution in [3.05, 3.63) is 32.8 Å². The third kappa shape index (κ3) is 4.58. The smallest absolute Gasteiger partial charge is 0.275 e. The second-order valence-corrected chi connectivity index (χ2v) is 7.94. The minimum absolute atomic E-state index is 0. The van der Waals surface area contributed by atoms with Gasteiger partial charge >= 0.3 is 0 Å². The zero-order valence-electron chi connectivity index (χ0n) is 13.2. The van der Waals surface area contributed by atoms with E-state index in [1.165, 1.54) is 13.0 Å². The van der Waals surface area contributed by atoms with E-state index in [9.17, 15) is 18.5 Å². The van der Waals surface area contributed by atoms with Crippen molar-refractivity contribution in [1.29, 1.82) is 0 Å². The molecule has 1 aromatic carbocycles. The molecular formula is C14H21Cl2N3O4S. The van der Waals surface area contributed by atoms with Crippen molar-refractivity contribution in [2.75, 3.05) is 6.54 Å². The second-order valence-electron chi connectivity index (χ2n) is 5.81. The number of halogens is 2. The van der Waals surface area contributed by atoms with Crippen molar-refractivity contribution in [2.45, 2.75) is 43.5 Å². The van der Waals surface area contributed by atoms with E-state index in [1.807, 2.05) is 0 Å². The molecule has 0 spiro atoms. The standard InChI is InChI=1S/C14H20ClN3O4S.ClH/c1-9-12(15)6-11(7-14(9)18(19)20)23(21,22)17-13(8-16)10-4-2-3-5-10;/h6-7,10,13,17H,2-5,8,16H2,1H3;1H. The summed E-state index contributed by atoms with van der Waals surface area (Å²) >= 11 is 5.95. The number of hydrogen-bond acceptors (Lipinski definition) is 5. The molecule has 10 heteroatoms. The molecule has 1 saturated carbocycles. The van der Waals surface area contributed by atoms with Crippen molar-refractivity contribution in [2.24, 2.45) is 11.7 Å². The zero-order valence-corrected chi connectivity index (χ0v) is 15.6. The summed E-state index contributed by atoms with van der Waals surface area (Å²) in [6.07, 6.45) is 3.98. The van der Waals surface area contributed by atoms with Gasteiger partial charge in [-0.15, -0.1) is 12.4 Å². The number of nitro benzene ring substituents is 1. The Morgan fingerprint density at radius 3 is 2.50 bits per heavy atom. The number of nitro groups is 1. The molecule has 1 aromatic rings. The average Bonchev–Trinajstić information content (AvgIpc) is 3.01. The number of benzene rings is 1. The van der Waals surface area contributed by atoms with Crippen LogP contribution in [0.4, 0.5) is 5.69 Å². The predicted octanol–water partition coefficient (Wildman–Crippen LogP) is 2.77. The SMILES string of the molecule is Cc1c(Cl)cc(S(=O)(=O)NC(CN)C2CCCC2)cc1[N+](=O)[O-].Cl. The quantitative estimate of drug-likeness (QED) is 0.565. The number of nitrogens with one attached hydrogen (secondary N) is 1. The van der Waals surface area contributed by atoms with E-state index in [2.05, 4.69) is 4.72 Å². The van der Waals surface area contributed by atoms with Gasteiger partial charge < -0.3 is 5.73 Å². The fourth-order valence-corrected chi connectivity index (χ4v) is 4.59. The largest absolute Gasteiger partial charge is 0.329 e. The van der Waals surface area contributed by atoms with Gasteiger partial charge in [0.25, 0.3) is 5.69 Å². The summed E-state index contributed by atoms with van der Waals surface area (Å²) in [7, 11) is -3.92. The maximum atomic E-state index is 12.5. The van der Waals surface area contributed by atoms with Crippen molar-refractivity contribution in [1.82, 2.24) is 4.72 Å². The van der Waals surface area contributed by atoms with Gasteiger partial charge in [-0.05, 0) is 31.7 Å². The normalized spacial score (nSPS) is 16.6. The average molecular weight is 398 g/mol. The topological polar surface area (TPSA) is 115 Å². The molecule has 136 valence electrons. The van der Waals surface area contributed by atoms with Gasteiger partial charge in [0.2, 0.25) is 10.0 Å². The molecule has 1 aliphatic carbocycles. The summed E-state index contributed by atoms with van der Waals surface area (Å²) in [5.74, 6) is 0.200. The lowest BCUT2D eigenvalue weighted by Crippen LogP contribution is -2.44. The molecule has 0 aliphatic heterocycles. The van der Waals surface area contributed by atoms with E-state index >= 15 is 0 Å². The highest BCUT2D eigenvalue weighted by Gasteiger charge is 2.30. The lowest BCUT2D eigenvalue weighted by molar-refractivity contribution is -0.385. The van der Waals surface area contributed by atoms with E-state index < -0.39 is 14.9 Å². The fourth-order valence-electron chi connectivity index (χ4n) is 2.95. The lowest BCUT2D eigenvalue weighted by atomic mass is 9.99. The van der Waals surface area contributed by atoms with Crippen LogP contribution in [0.1, 0.15) is 31.2 Å². The first-order valence-electron chi connectivity index (χ1n) is 7.43. The molecule has 24 heavy (non-hydrogen) atoms. The van der Waals surface area contributed by atoms with Crippen molar-refractivity contribution < 1.29 is 13.3 Å². The van der Waals surface area contributed by atoms with Gasteiger partial charge in [-0.25, -0.2) is 13.1 Å². The summed E-state index contributed by atoms with van der Waals surface area (Å²) in [5, 5.41) is 11.1. The number of rotatable bonds is 6. The Morgan fingerprint density at radius 2 is 2.00 bits per heavy atom. The summed E-state index contributed by atoms with van der Waals surface area (Å²) in [6.45, 7) is 1.66. The number of sulfonamides is 1. The molecular weight excluding hydrogens is 377 g/mol. The Labute approximate surface area is 152 Å². The molecule has 0 aromatic heterocycles. The molecule has 0 heterocycles. The Kier molecular flexibility index (Phi) is 7.43. The molecule has 3 N–H and O–H groups in total. The van der Waals surface area contributed by atoms with Crippen molar-refractivity contribution in [3.8, 4) is 0 Å². The molecule has 0 bridgehead atoms. The van der Waals surface area contributed by atoms with E-state index in [0.29, 0.717) is 0 Å². The monoisotopic (exact) mass is 397 g/mol. The van der Waals surface area contributed by atoms with Gasteiger partial charge in [-0.1, -0.05) is 24.4 Å². The lowest BCUT2D eigenvalue weighted by Gasteiger charge is -2.23. The van der Waals surface area contributed by atoms with Gasteiger partial charge in [0, 0.05) is 24.2 Å². The van der Waals surface area contributed by atoms with E-state index in [4.69, 9.17) is 17.3 Å². The third-order valence-electron chi connectivity index (χ3n) is 4.33. The molecule has 2 rings (SSSR count). The van der Waals surface area contributed by atoms with Gasteiger partial charge in [0.05, 0.1) is 14.8 Å². The third-order valence-corrected chi connectivity index (χ3v) is 6.19. The number of nitrogens with two attached hydrogens (primary N) is 1. The molecule has 0 amide bonds. The Bertz CT molecular complexity index is 706. The highest BCUT2D eigenvalue weighted by atomic mass is 35.5. The molecule has 1 aliphatic rings. The van der Waals surface area contributed by atoms with Gasteiger partial charge in [-0.3, -0.25) is 10.1 Å². The summed E-state index contributed by atoms with van der Waals surface area (Å²) in [5.41, 5.74) is 5.63. The van der Waals surface area contributed by atoms with Crippen LogP contribution in [0.3, 0.4) is 0 Å². The van der Waals surface area contributed by atoms with Crippen LogP contribution in [0, 0.1) is 23.0 Å². The highest BCUT2D eigenvalue weighted by Crippen LogP contribution is 2.31. The predicted molar refractivity (Wildman–Crippen MR) is 95.2 cm³/mol. The van der Waals surface area contributed by atoms with Crippen molar-refractivity contribution >= 4 is 39.7 Å². The molecule has 1 atom stereocenters. The number of nitrogens with zero attached hydrogens (tertiary/aromatic N) is 1. The summed E-state index contributed by atoms with van der Waals surface area (Å²) in [4.78, 5) is 10.2. The molecule has 0 saturated heterocycles.